The van der Waals surface area contributed by atoms with E-state index in [1.165, 1.54) is 29.9 Å². The fraction of sp³-hybridized carbons (Fsp3) is 0.353. The van der Waals surface area contributed by atoms with Crippen LogP contribution in [0.25, 0.3) is 0 Å². The van der Waals surface area contributed by atoms with Gasteiger partial charge in [0, 0.05) is 12.2 Å². The molecule has 2 nitrogen and oxygen atoms in total. The Hall–Kier alpha value is -1.32. The normalized spacial score (nSPS) is 17.8. The van der Waals surface area contributed by atoms with E-state index in [2.05, 4.69) is 64.5 Å². The van der Waals surface area contributed by atoms with Crippen LogP contribution in [0.1, 0.15) is 30.1 Å². The van der Waals surface area contributed by atoms with Gasteiger partial charge < -0.3 is 5.32 Å². The molecule has 3 rings (SSSR count). The third-order valence-corrected chi connectivity index (χ3v) is 4.79. The molecule has 1 aromatic carbocycles. The van der Waals surface area contributed by atoms with Gasteiger partial charge in [0.15, 0.2) is 0 Å². The molecule has 1 aliphatic heterocycles. The van der Waals surface area contributed by atoms with Gasteiger partial charge in [-0.25, -0.2) is 0 Å². The maximum Gasteiger partial charge on any atom is 0.0753 e. The molecule has 1 atom stereocenters. The molecular formula is C17H20N2S. The minimum Gasteiger partial charge on any atom is -0.302 e. The first-order chi connectivity index (χ1) is 9.93. The van der Waals surface area contributed by atoms with E-state index in [0.29, 0.717) is 6.04 Å². The lowest BCUT2D eigenvalue weighted by Crippen LogP contribution is -2.36. The van der Waals surface area contributed by atoms with Crippen molar-refractivity contribution < 1.29 is 0 Å². The van der Waals surface area contributed by atoms with Crippen LogP contribution in [0.4, 0.5) is 0 Å². The number of benzene rings is 1. The zero-order chi connectivity index (χ0) is 13.6. The number of hydrogen-bond acceptors (Lipinski definition) is 3. The molecule has 1 N–H and O–H groups in total. The Morgan fingerprint density at radius 1 is 1.00 bits per heavy atom. The number of pyridine rings is 1. The van der Waals surface area contributed by atoms with E-state index in [-0.39, 0.29) is 6.04 Å². The van der Waals surface area contributed by atoms with Crippen LogP contribution in [0.2, 0.25) is 0 Å². The second kappa shape index (κ2) is 6.91. The van der Waals surface area contributed by atoms with Crippen LogP contribution >= 0.6 is 11.8 Å². The van der Waals surface area contributed by atoms with Crippen LogP contribution in [0.5, 0.6) is 0 Å². The third kappa shape index (κ3) is 3.41. The van der Waals surface area contributed by atoms with Crippen LogP contribution in [-0.2, 0) is 0 Å². The summed E-state index contributed by atoms with van der Waals surface area (Å²) in [6, 6.07) is 17.6. The third-order valence-electron chi connectivity index (χ3n) is 3.74. The first kappa shape index (κ1) is 13.7. The quantitative estimate of drug-likeness (QED) is 0.927. The summed E-state index contributed by atoms with van der Waals surface area (Å²) in [5.41, 5.74) is 2.40. The Kier molecular flexibility index (Phi) is 4.72. The molecule has 1 unspecified atom stereocenters. The Morgan fingerprint density at radius 3 is 2.45 bits per heavy atom. The molecular weight excluding hydrogens is 264 g/mol. The molecule has 1 aliphatic rings. The maximum atomic E-state index is 4.55. The second-order valence-electron chi connectivity index (χ2n) is 5.15. The van der Waals surface area contributed by atoms with Crippen molar-refractivity contribution in [3.05, 3.63) is 66.0 Å². The molecule has 1 aromatic heterocycles. The molecule has 0 spiro atoms. The van der Waals surface area contributed by atoms with Crippen molar-refractivity contribution >= 4 is 11.8 Å². The monoisotopic (exact) mass is 284 g/mol. The number of hydrogen-bond donors (Lipinski definition) is 1. The highest BCUT2D eigenvalue weighted by molar-refractivity contribution is 7.99. The largest absolute Gasteiger partial charge is 0.302 e. The summed E-state index contributed by atoms with van der Waals surface area (Å²) in [4.78, 5) is 4.55. The Bertz CT molecular complexity index is 470. The molecule has 2 heterocycles. The topological polar surface area (TPSA) is 24.9 Å². The standard InChI is InChI=1S/C17H20N2S/c1-2-6-14(7-3-1)17(16-8-4-5-11-18-16)19-15-9-12-20-13-10-15/h1-8,11,15,17,19H,9-10,12-13H2. The molecule has 104 valence electrons. The van der Waals surface area contributed by atoms with Gasteiger partial charge in [0.1, 0.15) is 0 Å². The average molecular weight is 284 g/mol. The van der Waals surface area contributed by atoms with Crippen LogP contribution in [0, 0.1) is 0 Å². The van der Waals surface area contributed by atoms with Crippen molar-refractivity contribution in [3.63, 3.8) is 0 Å². The highest BCUT2D eigenvalue weighted by Gasteiger charge is 2.21. The molecule has 1 fully saturated rings. The molecule has 3 heteroatoms. The summed E-state index contributed by atoms with van der Waals surface area (Å²) in [6.07, 6.45) is 4.38. The van der Waals surface area contributed by atoms with E-state index >= 15 is 0 Å². The Morgan fingerprint density at radius 2 is 1.75 bits per heavy atom. The molecule has 2 aromatic rings. The van der Waals surface area contributed by atoms with Gasteiger partial charge in [-0.1, -0.05) is 36.4 Å². The molecule has 0 amide bonds. The highest BCUT2D eigenvalue weighted by atomic mass is 32.2. The van der Waals surface area contributed by atoms with E-state index in [4.69, 9.17) is 0 Å². The number of nitrogens with one attached hydrogen (secondary N) is 1. The molecule has 0 radical (unpaired) electrons. The van der Waals surface area contributed by atoms with Gasteiger partial charge >= 0.3 is 0 Å². The van der Waals surface area contributed by atoms with Crippen LogP contribution in [0.3, 0.4) is 0 Å². The first-order valence-electron chi connectivity index (χ1n) is 7.23. The number of thioether (sulfide) groups is 1. The van der Waals surface area contributed by atoms with Crippen LogP contribution in [0.15, 0.2) is 54.7 Å². The summed E-state index contributed by atoms with van der Waals surface area (Å²) in [5, 5.41) is 3.81. The molecule has 0 aliphatic carbocycles. The van der Waals surface area contributed by atoms with Crippen LogP contribution < -0.4 is 5.32 Å². The van der Waals surface area contributed by atoms with Crippen molar-refractivity contribution in [1.82, 2.24) is 10.3 Å². The lowest BCUT2D eigenvalue weighted by atomic mass is 10.0. The van der Waals surface area contributed by atoms with Crippen molar-refractivity contribution in [1.29, 1.82) is 0 Å². The molecule has 0 saturated carbocycles. The fourth-order valence-electron chi connectivity index (χ4n) is 2.64. The predicted molar refractivity (Wildman–Crippen MR) is 86.0 cm³/mol. The molecule has 20 heavy (non-hydrogen) atoms. The van der Waals surface area contributed by atoms with Gasteiger partial charge in [0.25, 0.3) is 0 Å². The number of nitrogens with zero attached hydrogens (tertiary/aromatic N) is 1. The average Bonchev–Trinajstić information content (AvgIpc) is 2.55. The summed E-state index contributed by atoms with van der Waals surface area (Å²) in [6.45, 7) is 0. The Balaban J connectivity index is 1.83. The number of aromatic nitrogens is 1. The minimum atomic E-state index is 0.200. The van der Waals surface area contributed by atoms with Gasteiger partial charge in [-0.15, -0.1) is 0 Å². The Labute approximate surface area is 125 Å². The van der Waals surface area contributed by atoms with Crippen molar-refractivity contribution in [2.24, 2.45) is 0 Å². The molecule has 0 bridgehead atoms. The van der Waals surface area contributed by atoms with Crippen molar-refractivity contribution in [2.75, 3.05) is 11.5 Å². The van der Waals surface area contributed by atoms with Crippen LogP contribution in [-0.4, -0.2) is 22.5 Å². The fourth-order valence-corrected chi connectivity index (χ4v) is 3.75. The zero-order valence-electron chi connectivity index (χ0n) is 11.5. The van der Waals surface area contributed by atoms with E-state index in [1.807, 2.05) is 12.3 Å². The van der Waals surface area contributed by atoms with Gasteiger partial charge in [0.2, 0.25) is 0 Å². The molecule has 1 saturated heterocycles. The van der Waals surface area contributed by atoms with Gasteiger partial charge in [-0.3, -0.25) is 4.98 Å². The van der Waals surface area contributed by atoms with E-state index in [1.54, 1.807) is 0 Å². The van der Waals surface area contributed by atoms with E-state index < -0.39 is 0 Å². The predicted octanol–water partition coefficient (Wildman–Crippen LogP) is 3.66. The zero-order valence-corrected chi connectivity index (χ0v) is 12.4. The summed E-state index contributed by atoms with van der Waals surface area (Å²) >= 11 is 2.06. The second-order valence-corrected chi connectivity index (χ2v) is 6.38. The van der Waals surface area contributed by atoms with Gasteiger partial charge in [-0.05, 0) is 42.0 Å². The first-order valence-corrected chi connectivity index (χ1v) is 8.38. The van der Waals surface area contributed by atoms with Crippen molar-refractivity contribution in [3.8, 4) is 0 Å². The minimum absolute atomic E-state index is 0.200. The maximum absolute atomic E-state index is 4.55. The summed E-state index contributed by atoms with van der Waals surface area (Å²) < 4.78 is 0. The highest BCUT2D eigenvalue weighted by Crippen LogP contribution is 2.24. The summed E-state index contributed by atoms with van der Waals surface area (Å²) in [7, 11) is 0. The number of rotatable bonds is 4. The lowest BCUT2D eigenvalue weighted by Gasteiger charge is -2.28. The van der Waals surface area contributed by atoms with Gasteiger partial charge in [-0.2, -0.15) is 11.8 Å². The van der Waals surface area contributed by atoms with E-state index in [0.717, 1.165) is 5.69 Å². The van der Waals surface area contributed by atoms with E-state index in [9.17, 15) is 0 Å². The smallest absolute Gasteiger partial charge is 0.0753 e. The van der Waals surface area contributed by atoms with Gasteiger partial charge in [0.05, 0.1) is 11.7 Å². The van der Waals surface area contributed by atoms with Crippen molar-refractivity contribution in [2.45, 2.75) is 24.9 Å². The summed E-state index contributed by atoms with van der Waals surface area (Å²) in [5.74, 6) is 2.53. The SMILES string of the molecule is c1ccc(C(NC2CCSCC2)c2ccccn2)cc1. The lowest BCUT2D eigenvalue weighted by molar-refractivity contribution is 0.441.